The van der Waals surface area contributed by atoms with Gasteiger partial charge in [-0.25, -0.2) is 4.68 Å². The van der Waals surface area contributed by atoms with Gasteiger partial charge in [0.15, 0.2) is 0 Å². The molecule has 0 saturated carbocycles. The van der Waals surface area contributed by atoms with Gasteiger partial charge < -0.3 is 5.32 Å². The van der Waals surface area contributed by atoms with Gasteiger partial charge in [0.2, 0.25) is 5.91 Å². The third kappa shape index (κ3) is 3.86. The summed E-state index contributed by atoms with van der Waals surface area (Å²) in [6.07, 6.45) is 2.38. The number of hydrogen-bond donors (Lipinski definition) is 1. The van der Waals surface area contributed by atoms with Crippen molar-refractivity contribution in [2.24, 2.45) is 0 Å². The Bertz CT molecular complexity index is 826. The molecule has 2 aromatic carbocycles. The molecule has 24 heavy (non-hydrogen) atoms. The smallest absolute Gasteiger partial charge is 0.229 e. The number of aromatic nitrogens is 2. The van der Waals surface area contributed by atoms with Gasteiger partial charge in [-0.1, -0.05) is 30.3 Å². The second kappa shape index (κ2) is 7.36. The van der Waals surface area contributed by atoms with Crippen molar-refractivity contribution in [2.45, 2.75) is 18.2 Å². The van der Waals surface area contributed by atoms with Crippen molar-refractivity contribution in [2.75, 3.05) is 11.6 Å². The van der Waals surface area contributed by atoms with Gasteiger partial charge in [-0.15, -0.1) is 11.8 Å². The van der Waals surface area contributed by atoms with E-state index < -0.39 is 0 Å². The zero-order valence-electron chi connectivity index (χ0n) is 13.7. The molecule has 122 valence electrons. The van der Waals surface area contributed by atoms with Crippen molar-refractivity contribution < 1.29 is 4.79 Å². The molecule has 0 spiro atoms. The number of benzene rings is 2. The molecule has 0 aliphatic rings. The summed E-state index contributed by atoms with van der Waals surface area (Å²) in [4.78, 5) is 13.6. The molecular formula is C19H19N3OS. The SMILES string of the molecule is CSc1ccc(CC(=O)Nc2cc(C)nn2-c2ccccc2)cc1. The van der Waals surface area contributed by atoms with Gasteiger partial charge in [-0.2, -0.15) is 5.10 Å². The lowest BCUT2D eigenvalue weighted by atomic mass is 10.1. The van der Waals surface area contributed by atoms with Crippen LogP contribution in [0.15, 0.2) is 65.6 Å². The van der Waals surface area contributed by atoms with E-state index in [0.29, 0.717) is 12.2 Å². The number of anilines is 1. The highest BCUT2D eigenvalue weighted by Crippen LogP contribution is 2.18. The molecule has 4 nitrogen and oxygen atoms in total. The number of rotatable bonds is 5. The number of amides is 1. The first-order valence-corrected chi connectivity index (χ1v) is 8.93. The topological polar surface area (TPSA) is 46.9 Å². The molecule has 1 amide bonds. The van der Waals surface area contributed by atoms with E-state index in [9.17, 15) is 4.79 Å². The summed E-state index contributed by atoms with van der Waals surface area (Å²) in [5.74, 6) is 0.633. The molecule has 0 bridgehead atoms. The largest absolute Gasteiger partial charge is 0.310 e. The molecule has 0 aliphatic carbocycles. The third-order valence-corrected chi connectivity index (χ3v) is 4.37. The van der Waals surface area contributed by atoms with Crippen molar-refractivity contribution >= 4 is 23.5 Å². The Morgan fingerprint density at radius 1 is 1.12 bits per heavy atom. The Labute approximate surface area is 145 Å². The van der Waals surface area contributed by atoms with Gasteiger partial charge in [0.1, 0.15) is 5.82 Å². The molecule has 3 rings (SSSR count). The van der Waals surface area contributed by atoms with Gasteiger partial charge in [-0.3, -0.25) is 4.79 Å². The Morgan fingerprint density at radius 2 is 1.83 bits per heavy atom. The molecule has 0 saturated heterocycles. The number of hydrogen-bond acceptors (Lipinski definition) is 3. The number of nitrogens with zero attached hydrogens (tertiary/aromatic N) is 2. The predicted octanol–water partition coefficient (Wildman–Crippen LogP) is 4.08. The molecule has 3 aromatic rings. The Hall–Kier alpha value is -2.53. The zero-order chi connectivity index (χ0) is 16.9. The number of carbonyl (C=O) groups is 1. The summed E-state index contributed by atoms with van der Waals surface area (Å²) >= 11 is 1.69. The van der Waals surface area contributed by atoms with Crippen LogP contribution in [-0.2, 0) is 11.2 Å². The van der Waals surface area contributed by atoms with Crippen molar-refractivity contribution in [1.82, 2.24) is 9.78 Å². The molecule has 1 heterocycles. The van der Waals surface area contributed by atoms with E-state index >= 15 is 0 Å². The van der Waals surface area contributed by atoms with Crippen LogP contribution in [0.5, 0.6) is 0 Å². The van der Waals surface area contributed by atoms with Crippen LogP contribution in [0.3, 0.4) is 0 Å². The molecule has 0 atom stereocenters. The van der Waals surface area contributed by atoms with Crippen LogP contribution in [0.25, 0.3) is 5.69 Å². The summed E-state index contributed by atoms with van der Waals surface area (Å²) in [5.41, 5.74) is 2.77. The maximum Gasteiger partial charge on any atom is 0.229 e. The Morgan fingerprint density at radius 3 is 2.50 bits per heavy atom. The molecular weight excluding hydrogens is 318 g/mol. The number of aryl methyl sites for hydroxylation is 1. The standard InChI is InChI=1S/C19H19N3OS/c1-14-12-18(22(21-14)16-6-4-3-5-7-16)20-19(23)13-15-8-10-17(24-2)11-9-15/h3-12H,13H2,1-2H3,(H,20,23). The summed E-state index contributed by atoms with van der Waals surface area (Å²) < 4.78 is 1.75. The Kier molecular flexibility index (Phi) is 5.01. The van der Waals surface area contributed by atoms with E-state index in [2.05, 4.69) is 10.4 Å². The molecule has 0 radical (unpaired) electrons. The van der Waals surface area contributed by atoms with Crippen LogP contribution in [0.4, 0.5) is 5.82 Å². The number of carbonyl (C=O) groups excluding carboxylic acids is 1. The van der Waals surface area contributed by atoms with Crippen LogP contribution in [0, 0.1) is 6.92 Å². The van der Waals surface area contributed by atoms with Crippen molar-refractivity contribution in [3.05, 3.63) is 71.9 Å². The van der Waals surface area contributed by atoms with Gasteiger partial charge in [-0.05, 0) is 43.0 Å². The molecule has 1 aromatic heterocycles. The highest BCUT2D eigenvalue weighted by molar-refractivity contribution is 7.98. The molecule has 1 N–H and O–H groups in total. The van der Waals surface area contributed by atoms with Crippen LogP contribution >= 0.6 is 11.8 Å². The van der Waals surface area contributed by atoms with Crippen molar-refractivity contribution in [1.29, 1.82) is 0 Å². The number of thioether (sulfide) groups is 1. The van der Waals surface area contributed by atoms with Crippen molar-refractivity contribution in [3.63, 3.8) is 0 Å². The van der Waals surface area contributed by atoms with Crippen LogP contribution in [0.2, 0.25) is 0 Å². The van der Waals surface area contributed by atoms with Gasteiger partial charge in [0.05, 0.1) is 17.8 Å². The summed E-state index contributed by atoms with van der Waals surface area (Å²) in [6.45, 7) is 1.91. The first-order chi connectivity index (χ1) is 11.7. The maximum atomic E-state index is 12.4. The fraction of sp³-hybridized carbons (Fsp3) is 0.158. The normalized spacial score (nSPS) is 10.6. The summed E-state index contributed by atoms with van der Waals surface area (Å²) in [5, 5.41) is 7.43. The van der Waals surface area contributed by atoms with E-state index in [-0.39, 0.29) is 5.91 Å². The average molecular weight is 337 g/mol. The van der Waals surface area contributed by atoms with E-state index in [1.165, 1.54) is 4.90 Å². The Balaban J connectivity index is 1.74. The van der Waals surface area contributed by atoms with Gasteiger partial charge in [0.25, 0.3) is 0 Å². The fourth-order valence-corrected chi connectivity index (χ4v) is 2.88. The average Bonchev–Trinajstić information content (AvgIpc) is 2.96. The zero-order valence-corrected chi connectivity index (χ0v) is 14.5. The maximum absolute atomic E-state index is 12.4. The quantitative estimate of drug-likeness (QED) is 0.714. The predicted molar refractivity (Wildman–Crippen MR) is 98.9 cm³/mol. The molecule has 0 unspecified atom stereocenters. The minimum absolute atomic E-state index is 0.0519. The first kappa shape index (κ1) is 16.3. The van der Waals surface area contributed by atoms with Crippen molar-refractivity contribution in [3.8, 4) is 5.69 Å². The summed E-state index contributed by atoms with van der Waals surface area (Å²) in [7, 11) is 0. The minimum atomic E-state index is -0.0519. The fourth-order valence-electron chi connectivity index (χ4n) is 2.47. The van der Waals surface area contributed by atoms with Gasteiger partial charge in [0, 0.05) is 11.0 Å². The molecule has 0 aliphatic heterocycles. The molecule has 0 fully saturated rings. The number of para-hydroxylation sites is 1. The lowest BCUT2D eigenvalue weighted by Gasteiger charge is -2.09. The second-order valence-corrected chi connectivity index (χ2v) is 6.37. The second-order valence-electron chi connectivity index (χ2n) is 5.49. The van der Waals surface area contributed by atoms with E-state index in [1.54, 1.807) is 16.4 Å². The summed E-state index contributed by atoms with van der Waals surface area (Å²) in [6, 6.07) is 19.7. The van der Waals surface area contributed by atoms with Crippen LogP contribution in [0.1, 0.15) is 11.3 Å². The van der Waals surface area contributed by atoms with E-state index in [0.717, 1.165) is 16.9 Å². The van der Waals surface area contributed by atoms with Crippen LogP contribution in [-0.4, -0.2) is 21.9 Å². The van der Waals surface area contributed by atoms with Crippen LogP contribution < -0.4 is 5.32 Å². The highest BCUT2D eigenvalue weighted by atomic mass is 32.2. The first-order valence-electron chi connectivity index (χ1n) is 7.70. The van der Waals surface area contributed by atoms with E-state index in [1.807, 2.05) is 73.8 Å². The highest BCUT2D eigenvalue weighted by Gasteiger charge is 2.11. The lowest BCUT2D eigenvalue weighted by Crippen LogP contribution is -2.17. The monoisotopic (exact) mass is 337 g/mol. The lowest BCUT2D eigenvalue weighted by molar-refractivity contribution is -0.115. The third-order valence-electron chi connectivity index (χ3n) is 3.62. The number of nitrogens with one attached hydrogen (secondary N) is 1. The van der Waals surface area contributed by atoms with Gasteiger partial charge >= 0.3 is 0 Å². The molecule has 5 heteroatoms. The minimum Gasteiger partial charge on any atom is -0.310 e. The van der Waals surface area contributed by atoms with E-state index in [4.69, 9.17) is 0 Å².